The van der Waals surface area contributed by atoms with Crippen LogP contribution in [0.5, 0.6) is 0 Å². The Labute approximate surface area is 79.2 Å². The second kappa shape index (κ2) is 2.88. The molecule has 0 saturated carbocycles. The van der Waals surface area contributed by atoms with Gasteiger partial charge in [-0.2, -0.15) is 0 Å². The van der Waals surface area contributed by atoms with Gasteiger partial charge in [0.1, 0.15) is 0 Å². The third kappa shape index (κ3) is 1.23. The molecule has 1 aliphatic rings. The molecule has 2 rings (SSSR count). The Morgan fingerprint density at radius 1 is 1.77 bits per heavy atom. The molecule has 0 radical (unpaired) electrons. The summed E-state index contributed by atoms with van der Waals surface area (Å²) in [5.74, 6) is -1.02. The zero-order valence-electron chi connectivity index (χ0n) is 6.62. The Balaban J connectivity index is 2.52. The predicted octanol–water partition coefficient (Wildman–Crippen LogP) is 1.18. The first-order chi connectivity index (χ1) is 6.20. The number of aromatic nitrogens is 1. The van der Waals surface area contributed by atoms with Crippen molar-refractivity contribution in [3.05, 3.63) is 23.5 Å². The number of nitrogens with zero attached hydrogens (tertiary/aromatic N) is 1. The fourth-order valence-corrected chi connectivity index (χ4v) is 1.62. The third-order valence-electron chi connectivity index (χ3n) is 1.97. The summed E-state index contributed by atoms with van der Waals surface area (Å²) in [6.45, 7) is 0.327. The Bertz CT molecular complexity index is 383. The first kappa shape index (κ1) is 8.31. The molecule has 68 valence electrons. The van der Waals surface area contributed by atoms with Crippen molar-refractivity contribution in [3.63, 3.8) is 0 Å². The highest BCUT2D eigenvalue weighted by atomic mass is 35.5. The molecule has 0 amide bonds. The topological polar surface area (TPSA) is 65.4 Å². The Hall–Kier alpha value is -1.29. The van der Waals surface area contributed by atoms with Crippen molar-refractivity contribution in [1.82, 2.24) is 4.98 Å². The maximum Gasteiger partial charge on any atom is 0.356 e. The van der Waals surface area contributed by atoms with Crippen molar-refractivity contribution in [3.8, 4) is 0 Å². The summed E-state index contributed by atoms with van der Waals surface area (Å²) >= 11 is 5.94. The normalized spacial score (nSPS) is 20.7. The Morgan fingerprint density at radius 2 is 2.54 bits per heavy atom. The summed E-state index contributed by atoms with van der Waals surface area (Å²) in [4.78, 5) is 17.4. The van der Waals surface area contributed by atoms with Gasteiger partial charge in [-0.15, -0.1) is 11.6 Å². The zero-order chi connectivity index (χ0) is 9.42. The van der Waals surface area contributed by atoms with Crippen LogP contribution in [0.15, 0.2) is 17.3 Å². The molecule has 2 N–H and O–H groups in total. The first-order valence-corrected chi connectivity index (χ1v) is 4.23. The van der Waals surface area contributed by atoms with E-state index < -0.39 is 5.97 Å². The standard InChI is InChI=1S/C8H7ClN2O2/c9-5-3-11-7(8(12)13)6-4(5)1-2-10-6/h1-2,5,10H,3H2,(H,12,13). The number of alkyl halides is 1. The summed E-state index contributed by atoms with van der Waals surface area (Å²) in [6, 6.07) is 1.78. The smallest absolute Gasteiger partial charge is 0.356 e. The van der Waals surface area contributed by atoms with E-state index in [4.69, 9.17) is 16.7 Å². The van der Waals surface area contributed by atoms with Gasteiger partial charge >= 0.3 is 5.97 Å². The van der Waals surface area contributed by atoms with E-state index in [1.165, 1.54) is 0 Å². The third-order valence-corrected chi connectivity index (χ3v) is 2.34. The van der Waals surface area contributed by atoms with Crippen molar-refractivity contribution in [1.29, 1.82) is 0 Å². The largest absolute Gasteiger partial charge is 0.476 e. The van der Waals surface area contributed by atoms with Crippen LogP contribution in [0.25, 0.3) is 0 Å². The highest BCUT2D eigenvalue weighted by Gasteiger charge is 2.25. The molecule has 0 aromatic carbocycles. The molecule has 0 fully saturated rings. The number of halogens is 1. The van der Waals surface area contributed by atoms with Crippen LogP contribution in [-0.2, 0) is 4.79 Å². The number of fused-ring (bicyclic) bond motifs is 1. The van der Waals surface area contributed by atoms with Crippen LogP contribution < -0.4 is 0 Å². The van der Waals surface area contributed by atoms with Crippen LogP contribution >= 0.6 is 11.6 Å². The number of hydrogen-bond donors (Lipinski definition) is 2. The molecule has 13 heavy (non-hydrogen) atoms. The van der Waals surface area contributed by atoms with E-state index >= 15 is 0 Å². The fraction of sp³-hybridized carbons (Fsp3) is 0.250. The summed E-state index contributed by atoms with van der Waals surface area (Å²) < 4.78 is 0. The van der Waals surface area contributed by atoms with Gasteiger partial charge in [-0.3, -0.25) is 4.99 Å². The lowest BCUT2D eigenvalue weighted by Gasteiger charge is -2.14. The van der Waals surface area contributed by atoms with Crippen LogP contribution in [0.4, 0.5) is 0 Å². The molecule has 1 unspecified atom stereocenters. The van der Waals surface area contributed by atoms with Gasteiger partial charge in [-0.05, 0) is 11.6 Å². The molecule has 2 heterocycles. The molecule has 4 nitrogen and oxygen atoms in total. The van der Waals surface area contributed by atoms with Crippen LogP contribution in [0.3, 0.4) is 0 Å². The number of rotatable bonds is 1. The maximum atomic E-state index is 10.7. The molecule has 1 aromatic rings. The van der Waals surface area contributed by atoms with Crippen molar-refractivity contribution in [2.75, 3.05) is 6.54 Å². The fourth-order valence-electron chi connectivity index (χ4n) is 1.37. The lowest BCUT2D eigenvalue weighted by atomic mass is 10.1. The highest BCUT2D eigenvalue weighted by molar-refractivity contribution is 6.43. The zero-order valence-corrected chi connectivity index (χ0v) is 7.38. The second-order valence-corrected chi connectivity index (χ2v) is 3.30. The lowest BCUT2D eigenvalue weighted by Crippen LogP contribution is -2.21. The van der Waals surface area contributed by atoms with Gasteiger partial charge in [0.25, 0.3) is 0 Å². The maximum absolute atomic E-state index is 10.7. The first-order valence-electron chi connectivity index (χ1n) is 3.79. The number of H-pyrrole nitrogens is 1. The minimum absolute atomic E-state index is 0.0666. The van der Waals surface area contributed by atoms with E-state index in [0.29, 0.717) is 12.2 Å². The van der Waals surface area contributed by atoms with Crippen molar-refractivity contribution < 1.29 is 9.90 Å². The average molecular weight is 199 g/mol. The minimum Gasteiger partial charge on any atom is -0.476 e. The molecular formula is C8H7ClN2O2. The van der Waals surface area contributed by atoms with Gasteiger partial charge in [-0.25, -0.2) is 4.79 Å². The molecule has 0 aliphatic carbocycles. The highest BCUT2D eigenvalue weighted by Crippen LogP contribution is 2.28. The molecule has 5 heteroatoms. The number of carboxylic acids is 1. The minimum atomic E-state index is -1.02. The van der Waals surface area contributed by atoms with E-state index in [-0.39, 0.29) is 11.1 Å². The summed E-state index contributed by atoms with van der Waals surface area (Å²) in [7, 11) is 0. The number of aromatic amines is 1. The van der Waals surface area contributed by atoms with Crippen LogP contribution in [0.2, 0.25) is 0 Å². The van der Waals surface area contributed by atoms with Crippen molar-refractivity contribution in [2.45, 2.75) is 5.38 Å². The Kier molecular flexibility index (Phi) is 1.84. The van der Waals surface area contributed by atoms with Gasteiger partial charge in [0.05, 0.1) is 17.6 Å². The van der Waals surface area contributed by atoms with E-state index in [0.717, 1.165) is 5.56 Å². The van der Waals surface area contributed by atoms with Crippen LogP contribution in [0, 0.1) is 0 Å². The molecule has 0 saturated heterocycles. The van der Waals surface area contributed by atoms with Crippen molar-refractivity contribution in [2.24, 2.45) is 4.99 Å². The van der Waals surface area contributed by atoms with E-state index in [1.54, 1.807) is 12.3 Å². The molecule has 0 spiro atoms. The monoisotopic (exact) mass is 198 g/mol. The number of nitrogens with one attached hydrogen (secondary N) is 1. The number of carbonyl (C=O) groups is 1. The van der Waals surface area contributed by atoms with Gasteiger partial charge in [-0.1, -0.05) is 0 Å². The van der Waals surface area contributed by atoms with E-state index in [1.807, 2.05) is 0 Å². The van der Waals surface area contributed by atoms with E-state index in [9.17, 15) is 4.79 Å². The number of aliphatic carboxylic acids is 1. The molecule has 1 aliphatic heterocycles. The predicted molar refractivity (Wildman–Crippen MR) is 48.4 cm³/mol. The SMILES string of the molecule is O=C(O)C1=NCC(Cl)c2cc[nH]c21. The molecular weight excluding hydrogens is 192 g/mol. The van der Waals surface area contributed by atoms with Gasteiger partial charge in [0.2, 0.25) is 0 Å². The molecule has 1 aromatic heterocycles. The Morgan fingerprint density at radius 3 is 3.23 bits per heavy atom. The number of carboxylic acid groups (broad SMARTS) is 1. The number of hydrogen-bond acceptors (Lipinski definition) is 2. The second-order valence-electron chi connectivity index (χ2n) is 2.77. The molecule has 1 atom stereocenters. The van der Waals surface area contributed by atoms with Crippen molar-refractivity contribution >= 4 is 23.3 Å². The summed E-state index contributed by atoms with van der Waals surface area (Å²) in [6.07, 6.45) is 1.67. The average Bonchev–Trinajstić information content (AvgIpc) is 2.53. The summed E-state index contributed by atoms with van der Waals surface area (Å²) in [5.41, 5.74) is 1.41. The van der Waals surface area contributed by atoms with Gasteiger partial charge < -0.3 is 10.1 Å². The quantitative estimate of drug-likeness (QED) is 0.666. The molecule has 0 bridgehead atoms. The lowest BCUT2D eigenvalue weighted by molar-refractivity contribution is -0.129. The summed E-state index contributed by atoms with van der Waals surface area (Å²) in [5, 5.41) is 8.58. The number of aliphatic imine (C=N–C) groups is 1. The van der Waals surface area contributed by atoms with Gasteiger partial charge in [0, 0.05) is 6.20 Å². The van der Waals surface area contributed by atoms with Crippen LogP contribution in [0.1, 0.15) is 16.6 Å². The van der Waals surface area contributed by atoms with Crippen LogP contribution in [-0.4, -0.2) is 28.3 Å². The van der Waals surface area contributed by atoms with Gasteiger partial charge in [0.15, 0.2) is 5.71 Å². The van der Waals surface area contributed by atoms with E-state index in [2.05, 4.69) is 9.98 Å².